The quantitative estimate of drug-likeness (QED) is 0.0249. The number of oxime groups is 1. The predicted octanol–water partition coefficient (Wildman–Crippen LogP) is -1.33. The Labute approximate surface area is 284 Å². The highest BCUT2D eigenvalue weighted by Crippen LogP contribution is 2.33. The molecular weight excluding hydrogens is 686 g/mol. The number of carboxylic acid groups (broad SMARTS) is 1. The van der Waals surface area contributed by atoms with Crippen LogP contribution in [0.3, 0.4) is 0 Å². The van der Waals surface area contributed by atoms with Crippen LogP contribution in [0.2, 0.25) is 0 Å². The number of rotatable bonds is 16. The van der Waals surface area contributed by atoms with E-state index in [0.29, 0.717) is 23.9 Å². The molecule has 49 heavy (non-hydrogen) atoms. The van der Waals surface area contributed by atoms with Crippen molar-refractivity contribution in [1.29, 1.82) is 0 Å². The first kappa shape index (κ1) is 36.9. The van der Waals surface area contributed by atoms with Gasteiger partial charge in [-0.1, -0.05) is 17.3 Å². The minimum absolute atomic E-state index is 0.0468. The van der Waals surface area contributed by atoms with Crippen LogP contribution < -0.4 is 37.1 Å². The molecule has 0 aliphatic carbocycles. The van der Waals surface area contributed by atoms with Gasteiger partial charge in [0.15, 0.2) is 10.8 Å². The van der Waals surface area contributed by atoms with Crippen molar-refractivity contribution >= 4 is 56.2 Å². The molecule has 1 aliphatic heterocycles. The van der Waals surface area contributed by atoms with Gasteiger partial charge in [0.05, 0.1) is 18.8 Å². The number of nitrogen functional groups attached to an aromatic ring is 1. The lowest BCUT2D eigenvalue weighted by Gasteiger charge is -2.51. The van der Waals surface area contributed by atoms with Gasteiger partial charge in [-0.2, -0.15) is 9.35 Å². The summed E-state index contributed by atoms with van der Waals surface area (Å²) >= 11 is 0.948. The number of aliphatic carboxylic acids is 1. The average molecular weight is 722 g/mol. The molecule has 3 heterocycles. The number of aryl methyl sites for hydroxylation is 1. The molecule has 0 saturated carbocycles. The molecule has 264 valence electrons. The third kappa shape index (κ3) is 8.95. The molecule has 21 heteroatoms. The first-order valence-corrected chi connectivity index (χ1v) is 16.6. The molecule has 0 bridgehead atoms. The number of aromatic nitrogens is 2. The Kier molecular flexibility index (Phi) is 11.4. The molecule has 3 aromatic rings. The zero-order valence-electron chi connectivity index (χ0n) is 26.4. The van der Waals surface area contributed by atoms with E-state index in [0.717, 1.165) is 28.3 Å². The van der Waals surface area contributed by atoms with Crippen LogP contribution in [0.25, 0.3) is 11.1 Å². The highest BCUT2D eigenvalue weighted by Gasteiger charge is 2.57. The van der Waals surface area contributed by atoms with Gasteiger partial charge in [0, 0.05) is 30.1 Å². The Morgan fingerprint density at radius 3 is 2.37 bits per heavy atom. The zero-order valence-corrected chi connectivity index (χ0v) is 28.1. The number of hydrogen-bond donors (Lipinski definition) is 6. The highest BCUT2D eigenvalue weighted by atomic mass is 32.3. The SMILES string of the molecule is C[n+]1cc(-c2ccc(OCC(O/N=C(\C(=O)N[C@@H]3C(=O)N(OS(=O)(=O)[O-])C3(C)C)c3csc(N)n3)C(=O)O)cc2)ccc1NC(CN)CN. The number of ether oxygens (including phenoxy) is 1. The van der Waals surface area contributed by atoms with Crippen molar-refractivity contribution in [3.8, 4) is 16.9 Å². The van der Waals surface area contributed by atoms with E-state index >= 15 is 0 Å². The molecule has 19 nitrogen and oxygen atoms in total. The molecule has 9 N–H and O–H groups in total. The number of carbonyl (C=O) groups excluding carboxylic acids is 2. The van der Waals surface area contributed by atoms with E-state index in [1.807, 2.05) is 29.9 Å². The summed E-state index contributed by atoms with van der Waals surface area (Å²) in [6, 6.07) is 9.24. The molecule has 1 fully saturated rings. The normalized spacial score (nSPS) is 16.6. The van der Waals surface area contributed by atoms with Crippen LogP contribution >= 0.6 is 11.3 Å². The fraction of sp³-hybridized carbons (Fsp3) is 0.357. The molecule has 2 amide bonds. The summed E-state index contributed by atoms with van der Waals surface area (Å²) < 4.78 is 44.7. The van der Waals surface area contributed by atoms with Gasteiger partial charge in [-0.3, -0.25) is 14.9 Å². The molecule has 0 spiro atoms. The van der Waals surface area contributed by atoms with Crippen LogP contribution in [-0.4, -0.2) is 95.0 Å². The molecular formula is C28H35N9O10S2. The summed E-state index contributed by atoms with van der Waals surface area (Å²) in [5, 5.41) is 20.8. The molecule has 1 saturated heterocycles. The number of β-lactam (4-membered cyclic amide) rings is 1. The second-order valence-corrected chi connectivity index (χ2v) is 13.0. The lowest BCUT2D eigenvalue weighted by molar-refractivity contribution is -0.656. The van der Waals surface area contributed by atoms with E-state index in [2.05, 4.69) is 25.1 Å². The second kappa shape index (κ2) is 15.1. The Morgan fingerprint density at radius 1 is 1.18 bits per heavy atom. The first-order valence-electron chi connectivity index (χ1n) is 14.4. The van der Waals surface area contributed by atoms with Crippen molar-refractivity contribution < 1.29 is 50.9 Å². The van der Waals surface area contributed by atoms with Gasteiger partial charge >= 0.3 is 5.97 Å². The van der Waals surface area contributed by atoms with Crippen LogP contribution in [0.1, 0.15) is 19.5 Å². The lowest BCUT2D eigenvalue weighted by Crippen LogP contribution is -2.76. The van der Waals surface area contributed by atoms with Crippen molar-refractivity contribution in [2.45, 2.75) is 37.6 Å². The van der Waals surface area contributed by atoms with Gasteiger partial charge in [-0.25, -0.2) is 22.8 Å². The summed E-state index contributed by atoms with van der Waals surface area (Å²) in [5.74, 6) is -2.39. The topological polar surface area (TPSA) is 291 Å². The Balaban J connectivity index is 1.44. The molecule has 1 unspecified atom stereocenters. The highest BCUT2D eigenvalue weighted by molar-refractivity contribution is 7.80. The van der Waals surface area contributed by atoms with Crippen LogP contribution in [0.15, 0.2) is 53.1 Å². The van der Waals surface area contributed by atoms with Gasteiger partial charge in [-0.05, 0) is 37.6 Å². The second-order valence-electron chi connectivity index (χ2n) is 11.2. The van der Waals surface area contributed by atoms with E-state index in [1.165, 1.54) is 19.2 Å². The number of amides is 2. The molecule has 0 radical (unpaired) electrons. The fourth-order valence-electron chi connectivity index (χ4n) is 4.55. The molecule has 1 aromatic carbocycles. The van der Waals surface area contributed by atoms with Crippen molar-refractivity contribution in [1.82, 2.24) is 15.4 Å². The monoisotopic (exact) mass is 721 g/mol. The molecule has 2 atom stereocenters. The summed E-state index contributed by atoms with van der Waals surface area (Å²) in [5.41, 5.74) is 16.8. The fourth-order valence-corrected chi connectivity index (χ4v) is 5.54. The van der Waals surface area contributed by atoms with Crippen LogP contribution in [0.4, 0.5) is 10.9 Å². The Morgan fingerprint density at radius 2 is 1.84 bits per heavy atom. The maximum Gasteiger partial charge on any atom is 0.351 e. The van der Waals surface area contributed by atoms with Crippen LogP contribution in [-0.2, 0) is 41.0 Å². The molecule has 2 aromatic heterocycles. The van der Waals surface area contributed by atoms with E-state index in [9.17, 15) is 32.5 Å². The number of carbonyl (C=O) groups is 3. The summed E-state index contributed by atoms with van der Waals surface area (Å²) in [4.78, 5) is 46.9. The van der Waals surface area contributed by atoms with Gasteiger partial charge in [0.1, 0.15) is 30.1 Å². The third-order valence-electron chi connectivity index (χ3n) is 7.29. The predicted molar refractivity (Wildman–Crippen MR) is 173 cm³/mol. The number of benzene rings is 1. The number of nitrogens with zero attached hydrogens (tertiary/aromatic N) is 4. The zero-order chi connectivity index (χ0) is 36.1. The minimum Gasteiger partial charge on any atom is -0.724 e. The largest absolute Gasteiger partial charge is 0.724 e. The third-order valence-corrected chi connectivity index (χ3v) is 8.29. The number of hydrogen-bond acceptors (Lipinski definition) is 16. The van der Waals surface area contributed by atoms with Crippen LogP contribution in [0, 0.1) is 0 Å². The van der Waals surface area contributed by atoms with Gasteiger partial charge in [0.25, 0.3) is 23.7 Å². The summed E-state index contributed by atoms with van der Waals surface area (Å²) in [6.45, 7) is 2.91. The maximum absolute atomic E-state index is 13.2. The number of nitrogens with one attached hydrogen (secondary N) is 2. The van der Waals surface area contributed by atoms with Crippen molar-refractivity contribution in [2.75, 3.05) is 30.7 Å². The number of nitrogens with two attached hydrogens (primary N) is 3. The van der Waals surface area contributed by atoms with Gasteiger partial charge in [-0.15, -0.1) is 11.3 Å². The average Bonchev–Trinajstić information content (AvgIpc) is 3.48. The number of thiazole rings is 1. The summed E-state index contributed by atoms with van der Waals surface area (Å²) in [6.07, 6.45) is 0.220. The van der Waals surface area contributed by atoms with E-state index in [4.69, 9.17) is 26.8 Å². The van der Waals surface area contributed by atoms with Crippen LogP contribution in [0.5, 0.6) is 5.75 Å². The lowest BCUT2D eigenvalue weighted by atomic mass is 9.84. The van der Waals surface area contributed by atoms with Crippen molar-refractivity contribution in [3.05, 3.63) is 53.7 Å². The van der Waals surface area contributed by atoms with E-state index in [1.54, 1.807) is 24.3 Å². The standard InChI is InChI=1S/C28H35N9O10S2/c1-28(2)23(25(39)37(28)47-49(42,43)44)34-24(38)22(19-14-48-27(31)33-19)35-46-20(26(40)41)13-45-18-7-4-15(5-8-18)16-6-9-21(36(3)12-16)32-17(10-29)11-30/h4-9,12,14,17,20,23H,10-11,13,29-30H2,1-3H3,(H5,31,33,34,38,40,41,42,43,44)/b35-22-/t20?,23-/m1/s1. The van der Waals surface area contributed by atoms with E-state index in [-0.39, 0.29) is 16.9 Å². The smallest absolute Gasteiger partial charge is 0.351 e. The Bertz CT molecular complexity index is 1830. The number of anilines is 2. The summed E-state index contributed by atoms with van der Waals surface area (Å²) in [7, 11) is -3.40. The number of carboxylic acids is 1. The van der Waals surface area contributed by atoms with Crippen molar-refractivity contribution in [3.63, 3.8) is 0 Å². The Hall–Kier alpha value is -4.93. The maximum atomic E-state index is 13.2. The first-order chi connectivity index (χ1) is 23.0. The number of hydroxylamine groups is 2. The van der Waals surface area contributed by atoms with Gasteiger partial charge in [0.2, 0.25) is 10.4 Å². The minimum atomic E-state index is -5.27. The van der Waals surface area contributed by atoms with E-state index < -0.39 is 58.2 Å². The van der Waals surface area contributed by atoms with Crippen molar-refractivity contribution in [2.24, 2.45) is 23.7 Å². The van der Waals surface area contributed by atoms with Gasteiger partial charge < -0.3 is 41.8 Å². The molecule has 4 rings (SSSR count). The number of pyridine rings is 1. The molecule has 1 aliphatic rings.